The van der Waals surface area contributed by atoms with Gasteiger partial charge in [0, 0.05) is 4.47 Å². The average molecular weight is 268 g/mol. The van der Waals surface area contributed by atoms with Crippen molar-refractivity contribution in [1.29, 1.82) is 0 Å². The molecular weight excluding hydrogens is 259 g/mol. The number of alkyl halides is 2. The first-order valence-electron chi connectivity index (χ1n) is 3.98. The van der Waals surface area contributed by atoms with Crippen LogP contribution in [0.5, 0.6) is 0 Å². The molecule has 0 aliphatic carbocycles. The van der Waals surface area contributed by atoms with E-state index in [1.807, 2.05) is 0 Å². The molecule has 1 aromatic rings. The van der Waals surface area contributed by atoms with Crippen molar-refractivity contribution >= 4 is 21.6 Å². The van der Waals surface area contributed by atoms with E-state index < -0.39 is 18.8 Å². The van der Waals surface area contributed by atoms with Gasteiger partial charge in [-0.2, -0.15) is 0 Å². The Hall–Kier alpha value is -0.710. The maximum Gasteiger partial charge on any atom is 0.255 e. The summed E-state index contributed by atoms with van der Waals surface area (Å²) in [6, 6.07) is 2.74. The lowest BCUT2D eigenvalue weighted by Crippen LogP contribution is -2.11. The second kappa shape index (κ2) is 4.68. The van der Waals surface area contributed by atoms with Gasteiger partial charge < -0.3 is 5.32 Å². The Kier molecular flexibility index (Phi) is 3.80. The van der Waals surface area contributed by atoms with E-state index in [1.165, 1.54) is 12.1 Å². The second-order valence-electron chi connectivity index (χ2n) is 2.85. The fraction of sp³-hybridized carbons (Fsp3) is 0.333. The highest BCUT2D eigenvalue weighted by molar-refractivity contribution is 9.10. The van der Waals surface area contributed by atoms with Gasteiger partial charge in [0.05, 0.1) is 12.2 Å². The van der Waals surface area contributed by atoms with Gasteiger partial charge in [-0.1, -0.05) is 15.9 Å². The number of hydrogen-bond acceptors (Lipinski definition) is 1. The van der Waals surface area contributed by atoms with E-state index in [0.29, 0.717) is 4.47 Å². The third-order valence-corrected chi connectivity index (χ3v) is 2.55. The summed E-state index contributed by atoms with van der Waals surface area (Å²) in [5.41, 5.74) is 0.897. The Morgan fingerprint density at radius 2 is 2.07 bits per heavy atom. The van der Waals surface area contributed by atoms with Gasteiger partial charge in [0.2, 0.25) is 0 Å². The smallest absolute Gasteiger partial charge is 0.255 e. The van der Waals surface area contributed by atoms with E-state index >= 15 is 0 Å². The molecule has 0 aliphatic rings. The minimum absolute atomic E-state index is 0.103. The predicted molar refractivity (Wildman–Crippen MR) is 53.3 cm³/mol. The highest BCUT2D eigenvalue weighted by Crippen LogP contribution is 2.23. The molecule has 0 amide bonds. The zero-order valence-electron chi connectivity index (χ0n) is 7.45. The molecular formula is C9H9BrF3N. The Labute approximate surface area is 88.4 Å². The molecule has 5 heteroatoms. The van der Waals surface area contributed by atoms with Crippen molar-refractivity contribution in [3.8, 4) is 0 Å². The minimum Gasteiger partial charge on any atom is -0.377 e. The van der Waals surface area contributed by atoms with Gasteiger partial charge in [-0.05, 0) is 24.6 Å². The van der Waals surface area contributed by atoms with Crippen molar-refractivity contribution in [2.75, 3.05) is 11.9 Å². The van der Waals surface area contributed by atoms with Gasteiger partial charge >= 0.3 is 0 Å². The SMILES string of the molecule is Cc1cc(NCC(F)F)c(F)cc1Br. The summed E-state index contributed by atoms with van der Waals surface area (Å²) in [7, 11) is 0. The van der Waals surface area contributed by atoms with Gasteiger partial charge in [0.25, 0.3) is 6.43 Å². The molecule has 0 aliphatic heterocycles. The number of hydrogen-bond donors (Lipinski definition) is 1. The van der Waals surface area contributed by atoms with Gasteiger partial charge in [-0.3, -0.25) is 0 Å². The van der Waals surface area contributed by atoms with Crippen LogP contribution in [-0.2, 0) is 0 Å². The van der Waals surface area contributed by atoms with E-state index in [9.17, 15) is 13.2 Å². The van der Waals surface area contributed by atoms with Crippen LogP contribution in [0.1, 0.15) is 5.56 Å². The first-order chi connectivity index (χ1) is 6.50. The van der Waals surface area contributed by atoms with E-state index in [1.54, 1.807) is 6.92 Å². The zero-order chi connectivity index (χ0) is 10.7. The molecule has 0 aromatic heterocycles. The third kappa shape index (κ3) is 2.90. The Morgan fingerprint density at radius 1 is 1.43 bits per heavy atom. The normalized spacial score (nSPS) is 10.7. The summed E-state index contributed by atoms with van der Waals surface area (Å²) in [6.45, 7) is 1.22. The number of benzene rings is 1. The van der Waals surface area contributed by atoms with Crippen LogP contribution in [-0.4, -0.2) is 13.0 Å². The molecule has 78 valence electrons. The fourth-order valence-electron chi connectivity index (χ4n) is 0.980. The van der Waals surface area contributed by atoms with Crippen LogP contribution < -0.4 is 5.32 Å². The van der Waals surface area contributed by atoms with E-state index in [-0.39, 0.29) is 5.69 Å². The molecule has 0 saturated carbocycles. The van der Waals surface area contributed by atoms with Crippen LogP contribution in [0, 0.1) is 12.7 Å². The molecule has 1 nitrogen and oxygen atoms in total. The lowest BCUT2D eigenvalue weighted by atomic mass is 10.2. The summed E-state index contributed by atoms with van der Waals surface area (Å²) in [4.78, 5) is 0. The number of nitrogens with one attached hydrogen (secondary N) is 1. The number of anilines is 1. The topological polar surface area (TPSA) is 12.0 Å². The van der Waals surface area contributed by atoms with Crippen LogP contribution in [0.2, 0.25) is 0 Å². The molecule has 1 aromatic carbocycles. The number of rotatable bonds is 3. The average Bonchev–Trinajstić information content (AvgIpc) is 2.09. The molecule has 1 N–H and O–H groups in total. The molecule has 0 saturated heterocycles. The van der Waals surface area contributed by atoms with Crippen LogP contribution in [0.25, 0.3) is 0 Å². The minimum atomic E-state index is -2.49. The van der Waals surface area contributed by atoms with Gasteiger partial charge in [-0.15, -0.1) is 0 Å². The molecule has 1 rings (SSSR count). The van der Waals surface area contributed by atoms with Gasteiger partial charge in [-0.25, -0.2) is 13.2 Å². The van der Waals surface area contributed by atoms with Crippen molar-refractivity contribution in [1.82, 2.24) is 0 Å². The Balaban J connectivity index is 2.82. The number of halogens is 4. The van der Waals surface area contributed by atoms with Crippen LogP contribution in [0.4, 0.5) is 18.9 Å². The molecule has 0 fully saturated rings. The summed E-state index contributed by atoms with van der Waals surface area (Å²) >= 11 is 3.14. The highest BCUT2D eigenvalue weighted by Gasteiger charge is 2.07. The molecule has 0 spiro atoms. The zero-order valence-corrected chi connectivity index (χ0v) is 9.04. The summed E-state index contributed by atoms with van der Waals surface area (Å²) in [5, 5.41) is 2.33. The third-order valence-electron chi connectivity index (χ3n) is 1.70. The second-order valence-corrected chi connectivity index (χ2v) is 3.71. The van der Waals surface area contributed by atoms with Crippen LogP contribution in [0.15, 0.2) is 16.6 Å². The monoisotopic (exact) mass is 267 g/mol. The van der Waals surface area contributed by atoms with Crippen molar-refractivity contribution in [3.05, 3.63) is 28.0 Å². The summed E-state index contributed by atoms with van der Waals surface area (Å²) in [5.74, 6) is -0.539. The lowest BCUT2D eigenvalue weighted by molar-refractivity contribution is 0.163. The largest absolute Gasteiger partial charge is 0.377 e. The standard InChI is InChI=1S/C9H9BrF3N/c1-5-2-8(14-4-9(12)13)7(11)3-6(5)10/h2-3,9,14H,4H2,1H3. The van der Waals surface area contributed by atoms with Crippen LogP contribution in [0.3, 0.4) is 0 Å². The van der Waals surface area contributed by atoms with Crippen molar-refractivity contribution in [2.24, 2.45) is 0 Å². The van der Waals surface area contributed by atoms with Crippen LogP contribution >= 0.6 is 15.9 Å². The molecule has 0 radical (unpaired) electrons. The number of aryl methyl sites for hydroxylation is 1. The van der Waals surface area contributed by atoms with E-state index in [2.05, 4.69) is 21.2 Å². The molecule has 0 bridgehead atoms. The fourth-order valence-corrected chi connectivity index (χ4v) is 1.30. The molecule has 14 heavy (non-hydrogen) atoms. The molecule has 0 heterocycles. The Bertz CT molecular complexity index is 328. The maximum atomic E-state index is 13.1. The van der Waals surface area contributed by atoms with Gasteiger partial charge in [0.15, 0.2) is 0 Å². The van der Waals surface area contributed by atoms with Crippen molar-refractivity contribution < 1.29 is 13.2 Å². The maximum absolute atomic E-state index is 13.1. The Morgan fingerprint density at radius 3 is 2.64 bits per heavy atom. The first kappa shape index (κ1) is 11.4. The van der Waals surface area contributed by atoms with Crippen molar-refractivity contribution in [2.45, 2.75) is 13.3 Å². The van der Waals surface area contributed by atoms with E-state index in [0.717, 1.165) is 5.56 Å². The predicted octanol–water partition coefficient (Wildman–Crippen LogP) is 3.57. The first-order valence-corrected chi connectivity index (χ1v) is 4.77. The quantitative estimate of drug-likeness (QED) is 0.883. The lowest BCUT2D eigenvalue weighted by Gasteiger charge is -2.08. The molecule has 0 atom stereocenters. The van der Waals surface area contributed by atoms with Crippen molar-refractivity contribution in [3.63, 3.8) is 0 Å². The van der Waals surface area contributed by atoms with Gasteiger partial charge in [0.1, 0.15) is 5.82 Å². The summed E-state index contributed by atoms with van der Waals surface area (Å²) < 4.78 is 37.4. The molecule has 0 unspecified atom stereocenters. The van der Waals surface area contributed by atoms with E-state index in [4.69, 9.17) is 0 Å². The highest BCUT2D eigenvalue weighted by atomic mass is 79.9. The summed E-state index contributed by atoms with van der Waals surface area (Å²) in [6.07, 6.45) is -2.49.